The van der Waals surface area contributed by atoms with Crippen LogP contribution in [0.4, 0.5) is 0 Å². The highest BCUT2D eigenvalue weighted by molar-refractivity contribution is 6.21. The van der Waals surface area contributed by atoms with Crippen LogP contribution >= 0.6 is 0 Å². The molecule has 0 aliphatic carbocycles. The van der Waals surface area contributed by atoms with Gasteiger partial charge in [-0.25, -0.2) is 9.59 Å². The highest BCUT2D eigenvalue weighted by Gasteiger charge is 2.33. The summed E-state index contributed by atoms with van der Waals surface area (Å²) in [5, 5.41) is 0. The van der Waals surface area contributed by atoms with Crippen molar-refractivity contribution in [1.29, 1.82) is 0 Å². The molecule has 0 saturated carbocycles. The third kappa shape index (κ3) is 3.06. The number of benzene rings is 2. The lowest BCUT2D eigenvalue weighted by Crippen LogP contribution is -2.24. The third-order valence-corrected chi connectivity index (χ3v) is 4.07. The summed E-state index contributed by atoms with van der Waals surface area (Å²) in [6.07, 6.45) is 0. The Hall–Kier alpha value is -3.48. The highest BCUT2D eigenvalue weighted by Crippen LogP contribution is 2.23. The van der Waals surface area contributed by atoms with Crippen LogP contribution in [0.25, 0.3) is 0 Å². The number of hydrogen-bond donors (Lipinski definition) is 0. The van der Waals surface area contributed by atoms with Gasteiger partial charge in [0.1, 0.15) is 6.61 Å². The molecule has 0 fully saturated rings. The number of imide groups is 1. The van der Waals surface area contributed by atoms with Crippen LogP contribution in [0.1, 0.15) is 47.0 Å². The van der Waals surface area contributed by atoms with Crippen LogP contribution in [0.15, 0.2) is 42.5 Å². The molecule has 7 nitrogen and oxygen atoms in total. The lowest BCUT2D eigenvalue weighted by Gasteiger charge is -2.06. The first kappa shape index (κ1) is 17.3. The summed E-state index contributed by atoms with van der Waals surface area (Å²) < 4.78 is 9.84. The van der Waals surface area contributed by atoms with Crippen LogP contribution in [0.2, 0.25) is 0 Å². The van der Waals surface area contributed by atoms with Crippen molar-refractivity contribution in [1.82, 2.24) is 4.90 Å². The second-order valence-corrected chi connectivity index (χ2v) is 5.69. The topological polar surface area (TPSA) is 90.0 Å². The van der Waals surface area contributed by atoms with Crippen molar-refractivity contribution in [3.05, 3.63) is 70.3 Å². The molecule has 0 saturated heterocycles. The number of nitrogens with zero attached hydrogens (tertiary/aromatic N) is 1. The van der Waals surface area contributed by atoms with Crippen molar-refractivity contribution in [3.8, 4) is 0 Å². The van der Waals surface area contributed by atoms with E-state index >= 15 is 0 Å². The summed E-state index contributed by atoms with van der Waals surface area (Å²) in [7, 11) is 2.69. The van der Waals surface area contributed by atoms with Crippen molar-refractivity contribution in [2.24, 2.45) is 0 Å². The Morgan fingerprint density at radius 2 is 1.50 bits per heavy atom. The van der Waals surface area contributed by atoms with Crippen molar-refractivity contribution < 1.29 is 28.7 Å². The maximum Gasteiger partial charge on any atom is 0.338 e. The first-order valence-electron chi connectivity index (χ1n) is 7.73. The number of methoxy groups -OCH3 is 1. The molecule has 3 rings (SSSR count). The van der Waals surface area contributed by atoms with Crippen LogP contribution in [0.5, 0.6) is 0 Å². The summed E-state index contributed by atoms with van der Waals surface area (Å²) >= 11 is 0. The lowest BCUT2D eigenvalue weighted by molar-refractivity contribution is 0.0471. The molecule has 26 heavy (non-hydrogen) atoms. The van der Waals surface area contributed by atoms with E-state index < -0.39 is 23.8 Å². The average molecular weight is 353 g/mol. The van der Waals surface area contributed by atoms with Gasteiger partial charge >= 0.3 is 11.9 Å². The fraction of sp³-hybridized carbons (Fsp3) is 0.158. The highest BCUT2D eigenvalue weighted by atomic mass is 16.5. The van der Waals surface area contributed by atoms with Crippen LogP contribution < -0.4 is 0 Å². The zero-order valence-electron chi connectivity index (χ0n) is 14.1. The number of rotatable bonds is 4. The van der Waals surface area contributed by atoms with Gasteiger partial charge in [0.2, 0.25) is 0 Å². The molecular weight excluding hydrogens is 338 g/mol. The summed E-state index contributed by atoms with van der Waals surface area (Å²) in [6, 6.07) is 10.7. The predicted molar refractivity (Wildman–Crippen MR) is 89.8 cm³/mol. The molecule has 0 radical (unpaired) electrons. The van der Waals surface area contributed by atoms with Crippen molar-refractivity contribution in [3.63, 3.8) is 0 Å². The second kappa shape index (κ2) is 6.79. The maximum atomic E-state index is 12.2. The quantitative estimate of drug-likeness (QED) is 0.617. The molecule has 132 valence electrons. The van der Waals surface area contributed by atoms with E-state index in [9.17, 15) is 19.2 Å². The Balaban J connectivity index is 1.69. The van der Waals surface area contributed by atoms with E-state index in [-0.39, 0.29) is 23.3 Å². The average Bonchev–Trinajstić information content (AvgIpc) is 2.89. The normalized spacial score (nSPS) is 12.8. The smallest absolute Gasteiger partial charge is 0.338 e. The molecule has 0 spiro atoms. The maximum absolute atomic E-state index is 12.2. The number of amides is 2. The van der Waals surface area contributed by atoms with Gasteiger partial charge in [0, 0.05) is 7.05 Å². The first-order chi connectivity index (χ1) is 12.4. The Bertz CT molecular complexity index is 916. The number of ether oxygens (including phenoxy) is 2. The van der Waals surface area contributed by atoms with Crippen molar-refractivity contribution >= 4 is 23.8 Å². The number of esters is 2. The minimum absolute atomic E-state index is 0.00412. The van der Waals surface area contributed by atoms with E-state index in [0.717, 1.165) is 4.90 Å². The summed E-state index contributed by atoms with van der Waals surface area (Å²) in [4.78, 5) is 48.4. The Kier molecular flexibility index (Phi) is 4.53. The predicted octanol–water partition coefficient (Wildman–Crippen LogP) is 2.06. The lowest BCUT2D eigenvalue weighted by atomic mass is 10.1. The molecule has 0 unspecified atom stereocenters. The third-order valence-electron chi connectivity index (χ3n) is 4.07. The molecule has 2 aromatic carbocycles. The fourth-order valence-electron chi connectivity index (χ4n) is 2.58. The van der Waals surface area contributed by atoms with Crippen molar-refractivity contribution in [2.75, 3.05) is 14.2 Å². The van der Waals surface area contributed by atoms with Gasteiger partial charge in [0.15, 0.2) is 0 Å². The van der Waals surface area contributed by atoms with Gasteiger partial charge in [-0.1, -0.05) is 12.1 Å². The summed E-state index contributed by atoms with van der Waals surface area (Å²) in [5.41, 5.74) is 1.74. The molecule has 0 aromatic heterocycles. The van der Waals surface area contributed by atoms with Gasteiger partial charge < -0.3 is 9.47 Å². The van der Waals surface area contributed by atoms with Crippen LogP contribution in [0.3, 0.4) is 0 Å². The SMILES string of the molecule is COC(=O)c1ccc(COC(=O)c2ccc3c(c2)C(=O)N(C)C3=O)cc1. The number of carbonyl (C=O) groups is 4. The van der Waals surface area contributed by atoms with E-state index in [1.54, 1.807) is 24.3 Å². The number of carbonyl (C=O) groups excluding carboxylic acids is 4. The van der Waals surface area contributed by atoms with Crippen LogP contribution in [-0.2, 0) is 16.1 Å². The second-order valence-electron chi connectivity index (χ2n) is 5.69. The number of hydrogen-bond acceptors (Lipinski definition) is 6. The van der Waals surface area contributed by atoms with Crippen LogP contribution in [0, 0.1) is 0 Å². The van der Waals surface area contributed by atoms with E-state index in [2.05, 4.69) is 4.74 Å². The Labute approximate surface area is 149 Å². The minimum atomic E-state index is -0.611. The fourth-order valence-corrected chi connectivity index (χ4v) is 2.58. The minimum Gasteiger partial charge on any atom is -0.465 e. The molecule has 0 bridgehead atoms. The van der Waals surface area contributed by atoms with E-state index in [1.807, 2.05) is 0 Å². The van der Waals surface area contributed by atoms with Gasteiger partial charge in [0.05, 0.1) is 29.4 Å². The van der Waals surface area contributed by atoms with Gasteiger partial charge in [-0.3, -0.25) is 14.5 Å². The van der Waals surface area contributed by atoms with Crippen molar-refractivity contribution in [2.45, 2.75) is 6.61 Å². The first-order valence-corrected chi connectivity index (χ1v) is 7.73. The molecule has 1 aliphatic rings. The largest absolute Gasteiger partial charge is 0.465 e. The van der Waals surface area contributed by atoms with Gasteiger partial charge in [-0.05, 0) is 35.9 Å². The molecular formula is C19H15NO6. The zero-order chi connectivity index (χ0) is 18.8. The molecule has 1 heterocycles. The molecule has 1 aliphatic heterocycles. The standard InChI is InChI=1S/C19H15NO6/c1-20-16(21)14-8-7-13(9-15(14)17(20)22)19(24)26-10-11-3-5-12(6-4-11)18(23)25-2/h3-9H,10H2,1-2H3. The number of fused-ring (bicyclic) bond motifs is 1. The van der Waals surface area contributed by atoms with E-state index in [1.165, 1.54) is 32.4 Å². The summed E-state index contributed by atoms with van der Waals surface area (Å²) in [5.74, 6) is -1.90. The molecule has 2 aromatic rings. The molecule has 0 N–H and O–H groups in total. The molecule has 7 heteroatoms. The van der Waals surface area contributed by atoms with Gasteiger partial charge in [-0.2, -0.15) is 0 Å². The zero-order valence-corrected chi connectivity index (χ0v) is 14.1. The van der Waals surface area contributed by atoms with Crippen LogP contribution in [-0.4, -0.2) is 42.8 Å². The Morgan fingerprint density at radius 3 is 2.15 bits per heavy atom. The van der Waals surface area contributed by atoms with E-state index in [4.69, 9.17) is 4.74 Å². The Morgan fingerprint density at radius 1 is 0.885 bits per heavy atom. The molecule has 2 amide bonds. The monoisotopic (exact) mass is 353 g/mol. The molecule has 0 atom stereocenters. The van der Waals surface area contributed by atoms with E-state index in [0.29, 0.717) is 11.1 Å². The summed E-state index contributed by atoms with van der Waals surface area (Å²) in [6.45, 7) is 0.00412. The van der Waals surface area contributed by atoms with Gasteiger partial charge in [-0.15, -0.1) is 0 Å². The van der Waals surface area contributed by atoms with Gasteiger partial charge in [0.25, 0.3) is 11.8 Å².